The zero-order valence-corrected chi connectivity index (χ0v) is 18.8. The smallest absolute Gasteiger partial charge is 0.274 e. The first-order valence-electron chi connectivity index (χ1n) is 10.0. The van der Waals surface area contributed by atoms with Crippen LogP contribution in [0.4, 0.5) is 5.69 Å². The molecule has 0 fully saturated rings. The number of rotatable bonds is 6. The van der Waals surface area contributed by atoms with Gasteiger partial charge in [0.25, 0.3) is 5.91 Å². The molecular weight excluding hydrogens is 440 g/mol. The van der Waals surface area contributed by atoms with Crippen LogP contribution in [0.3, 0.4) is 0 Å². The molecule has 0 radical (unpaired) electrons. The first kappa shape index (κ1) is 22.3. The zero-order valence-electron chi connectivity index (χ0n) is 18.0. The molecule has 1 aromatic heterocycles. The third kappa shape index (κ3) is 4.79. The highest BCUT2D eigenvalue weighted by Crippen LogP contribution is 2.27. The van der Waals surface area contributed by atoms with Crippen LogP contribution in [0.25, 0.3) is 16.8 Å². The zero-order chi connectivity index (χ0) is 23.6. The number of anilines is 1. The highest BCUT2D eigenvalue weighted by Gasteiger charge is 2.17. The number of nitrogens with two attached hydrogens (primary N) is 1. The molecule has 8 nitrogen and oxygen atoms in total. The van der Waals surface area contributed by atoms with Gasteiger partial charge in [-0.25, -0.2) is 18.2 Å². The predicted molar refractivity (Wildman–Crippen MR) is 126 cm³/mol. The lowest BCUT2D eigenvalue weighted by atomic mass is 10.1. The van der Waals surface area contributed by atoms with Gasteiger partial charge in [-0.15, -0.1) is 0 Å². The Labute approximate surface area is 191 Å². The first-order chi connectivity index (χ1) is 15.8. The molecule has 0 unspecified atom stereocenters. The Hall–Kier alpha value is -3.95. The van der Waals surface area contributed by atoms with E-state index in [1.165, 1.54) is 6.07 Å². The van der Waals surface area contributed by atoms with Gasteiger partial charge in [0, 0.05) is 11.3 Å². The summed E-state index contributed by atoms with van der Waals surface area (Å²) in [7, 11) is -2.29. The molecule has 1 heterocycles. The van der Waals surface area contributed by atoms with E-state index in [2.05, 4.69) is 10.4 Å². The maximum Gasteiger partial charge on any atom is 0.274 e. The lowest BCUT2D eigenvalue weighted by Gasteiger charge is -2.11. The lowest BCUT2D eigenvalue weighted by Crippen LogP contribution is -2.17. The van der Waals surface area contributed by atoms with Crippen LogP contribution in [0.15, 0.2) is 83.8 Å². The third-order valence-corrected chi connectivity index (χ3v) is 6.00. The molecule has 4 aromatic rings. The largest absolute Gasteiger partial charge is 0.497 e. The molecule has 0 spiro atoms. The minimum atomic E-state index is -3.87. The van der Waals surface area contributed by atoms with Crippen LogP contribution in [-0.2, 0) is 10.0 Å². The van der Waals surface area contributed by atoms with Crippen molar-refractivity contribution in [3.8, 4) is 22.6 Å². The molecular formula is C24H22N4O4S. The number of methoxy groups -OCH3 is 1. The fourth-order valence-corrected chi connectivity index (χ4v) is 4.22. The van der Waals surface area contributed by atoms with Crippen molar-refractivity contribution in [3.05, 3.63) is 90.3 Å². The van der Waals surface area contributed by atoms with Crippen molar-refractivity contribution in [1.82, 2.24) is 9.78 Å². The van der Waals surface area contributed by atoms with Crippen molar-refractivity contribution < 1.29 is 17.9 Å². The number of primary sulfonamides is 1. The number of nitrogens with one attached hydrogen (secondary N) is 1. The summed E-state index contributed by atoms with van der Waals surface area (Å²) in [5.74, 6) is 0.377. The highest BCUT2D eigenvalue weighted by atomic mass is 32.2. The Kier molecular flexibility index (Phi) is 5.99. The maximum absolute atomic E-state index is 12.9. The standard InChI is InChI=1S/C24H22N4O4S/c1-16-15-22(24(29)26-18-9-13-20(32-2)14-10-18)28(27-16)19-11-7-17(8-12-19)21-5-3-4-6-23(21)33(25,30)31/h3-15H,1-2H3,(H,26,29)(H2,25,30,31). The van der Waals surface area contributed by atoms with Gasteiger partial charge in [-0.1, -0.05) is 30.3 Å². The summed E-state index contributed by atoms with van der Waals surface area (Å²) in [6, 6.07) is 22.3. The quantitative estimate of drug-likeness (QED) is 0.453. The molecule has 4 rings (SSSR count). The molecule has 0 bridgehead atoms. The second-order valence-corrected chi connectivity index (χ2v) is 8.88. The van der Waals surface area contributed by atoms with E-state index in [-0.39, 0.29) is 10.8 Å². The number of hydrogen-bond acceptors (Lipinski definition) is 5. The second kappa shape index (κ2) is 8.89. The van der Waals surface area contributed by atoms with Crippen LogP contribution in [-0.4, -0.2) is 31.2 Å². The SMILES string of the molecule is COc1ccc(NC(=O)c2cc(C)nn2-c2ccc(-c3ccccc3S(N)(=O)=O)cc2)cc1. The fourth-order valence-electron chi connectivity index (χ4n) is 3.46. The molecule has 0 aliphatic carbocycles. The monoisotopic (exact) mass is 462 g/mol. The van der Waals surface area contributed by atoms with Crippen molar-refractivity contribution in [2.24, 2.45) is 5.14 Å². The lowest BCUT2D eigenvalue weighted by molar-refractivity contribution is 0.101. The van der Waals surface area contributed by atoms with Crippen molar-refractivity contribution >= 4 is 21.6 Å². The van der Waals surface area contributed by atoms with Crippen LogP contribution in [0, 0.1) is 6.92 Å². The summed E-state index contributed by atoms with van der Waals surface area (Å²) in [4.78, 5) is 13.0. The molecule has 3 N–H and O–H groups in total. The number of ether oxygens (including phenoxy) is 1. The molecule has 1 amide bonds. The van der Waals surface area contributed by atoms with Gasteiger partial charge in [-0.2, -0.15) is 5.10 Å². The predicted octanol–water partition coefficient (Wildman–Crippen LogP) is 3.76. The molecule has 0 aliphatic rings. The van der Waals surface area contributed by atoms with Crippen molar-refractivity contribution in [2.75, 3.05) is 12.4 Å². The van der Waals surface area contributed by atoms with Gasteiger partial charge in [0.05, 0.1) is 23.4 Å². The van der Waals surface area contributed by atoms with Crippen molar-refractivity contribution in [3.63, 3.8) is 0 Å². The summed E-state index contributed by atoms with van der Waals surface area (Å²) >= 11 is 0. The molecule has 33 heavy (non-hydrogen) atoms. The number of aromatic nitrogens is 2. The number of carbonyl (C=O) groups excluding carboxylic acids is 1. The Balaban J connectivity index is 1.64. The number of carbonyl (C=O) groups is 1. The van der Waals surface area contributed by atoms with Gasteiger partial charge in [-0.3, -0.25) is 4.79 Å². The van der Waals surface area contributed by atoms with E-state index >= 15 is 0 Å². The summed E-state index contributed by atoms with van der Waals surface area (Å²) in [5.41, 5.74) is 3.50. The number of nitrogens with zero attached hydrogens (tertiary/aromatic N) is 2. The average molecular weight is 463 g/mol. The molecule has 0 saturated carbocycles. The van der Waals surface area contributed by atoms with Crippen LogP contribution >= 0.6 is 0 Å². The summed E-state index contributed by atoms with van der Waals surface area (Å²) < 4.78 is 30.6. The molecule has 0 saturated heterocycles. The Morgan fingerprint density at radius 2 is 1.67 bits per heavy atom. The Bertz CT molecular complexity index is 1410. The Morgan fingerprint density at radius 1 is 1.00 bits per heavy atom. The second-order valence-electron chi connectivity index (χ2n) is 7.35. The topological polar surface area (TPSA) is 116 Å². The van der Waals surface area contributed by atoms with Gasteiger partial charge in [-0.05, 0) is 61.0 Å². The van der Waals surface area contributed by atoms with Gasteiger partial charge < -0.3 is 10.1 Å². The molecule has 0 aliphatic heterocycles. The molecule has 168 valence electrons. The van der Waals surface area contributed by atoms with Crippen LogP contribution in [0.2, 0.25) is 0 Å². The van der Waals surface area contributed by atoms with E-state index in [9.17, 15) is 13.2 Å². The van der Waals surface area contributed by atoms with E-state index in [1.54, 1.807) is 91.5 Å². The summed E-state index contributed by atoms with van der Waals surface area (Å²) in [5, 5.41) is 12.7. The van der Waals surface area contributed by atoms with Crippen LogP contribution in [0.5, 0.6) is 5.75 Å². The molecule has 3 aromatic carbocycles. The van der Waals surface area contributed by atoms with Crippen molar-refractivity contribution in [1.29, 1.82) is 0 Å². The molecule has 9 heteroatoms. The highest BCUT2D eigenvalue weighted by molar-refractivity contribution is 7.89. The number of aryl methyl sites for hydroxylation is 1. The van der Waals surface area contributed by atoms with E-state index in [0.717, 1.165) is 0 Å². The van der Waals surface area contributed by atoms with Gasteiger partial charge in [0.2, 0.25) is 10.0 Å². The maximum atomic E-state index is 12.9. The number of sulfonamides is 1. The van der Waals surface area contributed by atoms with Gasteiger partial charge in [0.1, 0.15) is 11.4 Å². The van der Waals surface area contributed by atoms with Crippen molar-refractivity contribution in [2.45, 2.75) is 11.8 Å². The minimum absolute atomic E-state index is 0.0484. The van der Waals surface area contributed by atoms with E-state index in [1.807, 2.05) is 0 Å². The average Bonchev–Trinajstić information content (AvgIpc) is 3.21. The minimum Gasteiger partial charge on any atom is -0.497 e. The van der Waals surface area contributed by atoms with Crippen LogP contribution < -0.4 is 15.2 Å². The summed E-state index contributed by atoms with van der Waals surface area (Å²) in [6.07, 6.45) is 0. The van der Waals surface area contributed by atoms with E-state index in [4.69, 9.17) is 9.88 Å². The van der Waals surface area contributed by atoms with Crippen LogP contribution in [0.1, 0.15) is 16.2 Å². The Morgan fingerprint density at radius 3 is 2.30 bits per heavy atom. The number of amides is 1. The first-order valence-corrected chi connectivity index (χ1v) is 11.6. The number of benzene rings is 3. The van der Waals surface area contributed by atoms with Gasteiger partial charge in [0.15, 0.2) is 0 Å². The van der Waals surface area contributed by atoms with Gasteiger partial charge >= 0.3 is 0 Å². The fraction of sp³-hybridized carbons (Fsp3) is 0.0833. The normalized spacial score (nSPS) is 11.2. The number of hydrogen-bond donors (Lipinski definition) is 2. The summed E-state index contributed by atoms with van der Waals surface area (Å²) in [6.45, 7) is 1.80. The van der Waals surface area contributed by atoms with E-state index < -0.39 is 10.0 Å². The molecule has 0 atom stereocenters. The third-order valence-electron chi connectivity index (χ3n) is 5.03. The van der Waals surface area contributed by atoms with E-state index in [0.29, 0.717) is 39.6 Å².